The summed E-state index contributed by atoms with van der Waals surface area (Å²) in [5.74, 6) is 0.401. The highest BCUT2D eigenvalue weighted by molar-refractivity contribution is 8.01. The number of thioether (sulfide) groups is 1. The number of benzene rings is 1. The van der Waals surface area contributed by atoms with Crippen LogP contribution in [0, 0.1) is 0 Å². The smallest absolute Gasteiger partial charge is 0.233 e. The number of aromatic nitrogens is 2. The van der Waals surface area contributed by atoms with Gasteiger partial charge in [-0.05, 0) is 25.5 Å². The Labute approximate surface area is 161 Å². The molecule has 1 saturated heterocycles. The molecule has 0 spiro atoms. The summed E-state index contributed by atoms with van der Waals surface area (Å²) in [5, 5.41) is 12.0. The second-order valence-corrected chi connectivity index (χ2v) is 10.3. The zero-order chi connectivity index (χ0) is 18.6. The molecule has 1 aliphatic rings. The number of amides is 1. The molecule has 7 nitrogen and oxygen atoms in total. The summed E-state index contributed by atoms with van der Waals surface area (Å²) < 4.78 is 24.0. The number of para-hydroxylation sites is 1. The van der Waals surface area contributed by atoms with Crippen molar-refractivity contribution in [3.63, 3.8) is 0 Å². The number of anilines is 2. The van der Waals surface area contributed by atoms with Crippen molar-refractivity contribution in [1.29, 1.82) is 0 Å². The number of rotatable bonds is 7. The van der Waals surface area contributed by atoms with E-state index in [4.69, 9.17) is 0 Å². The van der Waals surface area contributed by atoms with Crippen molar-refractivity contribution in [3.05, 3.63) is 30.3 Å². The van der Waals surface area contributed by atoms with Crippen LogP contribution in [0.4, 0.5) is 10.8 Å². The molecule has 10 heteroatoms. The van der Waals surface area contributed by atoms with Gasteiger partial charge in [0.2, 0.25) is 11.0 Å². The number of sulfone groups is 1. The number of carbonyl (C=O) groups excluding carboxylic acids is 1. The quantitative estimate of drug-likeness (QED) is 0.698. The van der Waals surface area contributed by atoms with Crippen LogP contribution in [0.1, 0.15) is 13.3 Å². The van der Waals surface area contributed by atoms with E-state index < -0.39 is 9.84 Å². The van der Waals surface area contributed by atoms with Gasteiger partial charge in [0, 0.05) is 18.3 Å². The first-order valence-electron chi connectivity index (χ1n) is 8.25. The Morgan fingerprint density at radius 1 is 1.35 bits per heavy atom. The molecule has 2 aromatic rings. The maximum atomic E-state index is 12.5. The lowest BCUT2D eigenvalue weighted by Gasteiger charge is -2.26. The van der Waals surface area contributed by atoms with Gasteiger partial charge in [0.25, 0.3) is 0 Å². The number of hydrogen-bond donors (Lipinski definition) is 1. The number of nitrogens with zero attached hydrogens (tertiary/aromatic N) is 3. The largest absolute Gasteiger partial charge is 0.338 e. The minimum absolute atomic E-state index is 0.0626. The van der Waals surface area contributed by atoms with Gasteiger partial charge in [0.05, 0.1) is 17.3 Å². The molecule has 0 radical (unpaired) electrons. The molecule has 1 amide bonds. The molecule has 1 aliphatic heterocycles. The average molecular weight is 413 g/mol. The van der Waals surface area contributed by atoms with E-state index in [1.165, 1.54) is 23.1 Å². The molecule has 1 N–H and O–H groups in total. The van der Waals surface area contributed by atoms with Crippen LogP contribution in [-0.2, 0) is 14.6 Å². The summed E-state index contributed by atoms with van der Waals surface area (Å²) >= 11 is 2.71. The predicted molar refractivity (Wildman–Crippen MR) is 105 cm³/mol. The third-order valence-corrected chi connectivity index (χ3v) is 7.77. The Kier molecular flexibility index (Phi) is 6.15. The van der Waals surface area contributed by atoms with Crippen LogP contribution >= 0.6 is 23.1 Å². The molecule has 1 aromatic heterocycles. The lowest BCUT2D eigenvalue weighted by molar-refractivity contribution is -0.129. The molecule has 1 fully saturated rings. The number of carbonyl (C=O) groups is 1. The fourth-order valence-corrected chi connectivity index (χ4v) is 6.22. The van der Waals surface area contributed by atoms with Crippen molar-refractivity contribution in [2.24, 2.45) is 0 Å². The van der Waals surface area contributed by atoms with Gasteiger partial charge in [-0.2, -0.15) is 0 Å². The van der Waals surface area contributed by atoms with Crippen molar-refractivity contribution in [1.82, 2.24) is 15.1 Å². The van der Waals surface area contributed by atoms with Crippen LogP contribution in [0.3, 0.4) is 0 Å². The highest BCUT2D eigenvalue weighted by atomic mass is 32.2. The van der Waals surface area contributed by atoms with E-state index in [1.807, 2.05) is 37.3 Å². The first kappa shape index (κ1) is 19.1. The molecule has 0 aliphatic carbocycles. The van der Waals surface area contributed by atoms with Gasteiger partial charge in [-0.3, -0.25) is 4.79 Å². The SMILES string of the molecule is CCN(C(=O)CSc1nnc(Nc2ccccc2)s1)[C@@H]1CCS(=O)(=O)C1. The molecule has 2 heterocycles. The maximum absolute atomic E-state index is 12.5. The lowest BCUT2D eigenvalue weighted by Crippen LogP contribution is -2.41. The normalized spacial score (nSPS) is 18.6. The van der Waals surface area contributed by atoms with Crippen LogP contribution in [-0.4, -0.2) is 59.3 Å². The standard InChI is InChI=1S/C16H20N4O3S3/c1-2-20(13-8-9-26(22,23)11-13)14(21)10-24-16-19-18-15(25-16)17-12-6-4-3-5-7-12/h3-7,13H,2,8-11H2,1H3,(H,17,18)/t13-/m1/s1. The first-order valence-corrected chi connectivity index (χ1v) is 11.9. The fraction of sp³-hybridized carbons (Fsp3) is 0.438. The fourth-order valence-electron chi connectivity index (χ4n) is 2.83. The van der Waals surface area contributed by atoms with Crippen molar-refractivity contribution in [2.45, 2.75) is 23.7 Å². The summed E-state index contributed by atoms with van der Waals surface area (Å²) in [7, 11) is -3.01. The molecular weight excluding hydrogens is 392 g/mol. The van der Waals surface area contributed by atoms with Crippen LogP contribution in [0.2, 0.25) is 0 Å². The van der Waals surface area contributed by atoms with Crippen LogP contribution < -0.4 is 5.32 Å². The highest BCUT2D eigenvalue weighted by Crippen LogP contribution is 2.28. The minimum Gasteiger partial charge on any atom is -0.338 e. The minimum atomic E-state index is -3.01. The van der Waals surface area contributed by atoms with Crippen molar-refractivity contribution < 1.29 is 13.2 Å². The Bertz CT molecular complexity index is 855. The topological polar surface area (TPSA) is 92.3 Å². The van der Waals surface area contributed by atoms with Gasteiger partial charge in [-0.1, -0.05) is 41.3 Å². The molecule has 1 aromatic carbocycles. The van der Waals surface area contributed by atoms with Gasteiger partial charge in [0.1, 0.15) is 0 Å². The summed E-state index contributed by atoms with van der Waals surface area (Å²) in [6, 6.07) is 9.47. The monoisotopic (exact) mass is 412 g/mol. The molecule has 0 saturated carbocycles. The van der Waals surface area contributed by atoms with E-state index in [9.17, 15) is 13.2 Å². The van der Waals surface area contributed by atoms with Gasteiger partial charge in [-0.25, -0.2) is 8.42 Å². The molecule has 1 atom stereocenters. The van der Waals surface area contributed by atoms with Crippen LogP contribution in [0.25, 0.3) is 0 Å². The van der Waals surface area contributed by atoms with E-state index in [-0.39, 0.29) is 29.2 Å². The predicted octanol–water partition coefficient (Wildman–Crippen LogP) is 2.41. The van der Waals surface area contributed by atoms with E-state index in [0.29, 0.717) is 22.4 Å². The summed E-state index contributed by atoms with van der Waals surface area (Å²) in [6.07, 6.45) is 0.524. The highest BCUT2D eigenvalue weighted by Gasteiger charge is 2.33. The number of hydrogen-bond acceptors (Lipinski definition) is 8. The first-order chi connectivity index (χ1) is 12.5. The average Bonchev–Trinajstić information content (AvgIpc) is 3.21. The zero-order valence-corrected chi connectivity index (χ0v) is 16.7. The van der Waals surface area contributed by atoms with E-state index in [0.717, 1.165) is 5.69 Å². The van der Waals surface area contributed by atoms with Crippen molar-refractivity contribution in [3.8, 4) is 0 Å². The second kappa shape index (κ2) is 8.36. The van der Waals surface area contributed by atoms with Crippen molar-refractivity contribution >= 4 is 49.7 Å². The third-order valence-electron chi connectivity index (χ3n) is 4.06. The molecule has 0 unspecified atom stereocenters. The van der Waals surface area contributed by atoms with Crippen LogP contribution in [0.5, 0.6) is 0 Å². The zero-order valence-electron chi connectivity index (χ0n) is 14.3. The lowest BCUT2D eigenvalue weighted by atomic mass is 10.2. The van der Waals surface area contributed by atoms with E-state index in [1.54, 1.807) is 4.90 Å². The molecule has 0 bridgehead atoms. The van der Waals surface area contributed by atoms with Gasteiger partial charge in [-0.15, -0.1) is 10.2 Å². The Morgan fingerprint density at radius 3 is 2.77 bits per heavy atom. The summed E-state index contributed by atoms with van der Waals surface area (Å²) in [5.41, 5.74) is 0.927. The van der Waals surface area contributed by atoms with Gasteiger partial charge >= 0.3 is 0 Å². The van der Waals surface area contributed by atoms with E-state index in [2.05, 4.69) is 15.5 Å². The third kappa shape index (κ3) is 4.95. The second-order valence-electron chi connectivity index (χ2n) is 5.89. The molecule has 140 valence electrons. The maximum Gasteiger partial charge on any atom is 0.233 e. The summed E-state index contributed by atoms with van der Waals surface area (Å²) in [4.78, 5) is 14.2. The Hall–Kier alpha value is -1.65. The molecule has 3 rings (SSSR count). The van der Waals surface area contributed by atoms with Crippen LogP contribution in [0.15, 0.2) is 34.7 Å². The van der Waals surface area contributed by atoms with Crippen molar-refractivity contribution in [2.75, 3.05) is 29.1 Å². The van der Waals surface area contributed by atoms with E-state index >= 15 is 0 Å². The van der Waals surface area contributed by atoms with Gasteiger partial charge in [0.15, 0.2) is 14.2 Å². The van der Waals surface area contributed by atoms with Gasteiger partial charge < -0.3 is 10.2 Å². The Morgan fingerprint density at radius 2 is 2.12 bits per heavy atom. The summed E-state index contributed by atoms with van der Waals surface area (Å²) in [6.45, 7) is 2.39. The molecular formula is C16H20N4O3S3. The Balaban J connectivity index is 1.54. The molecule has 26 heavy (non-hydrogen) atoms. The number of nitrogens with one attached hydrogen (secondary N) is 1.